The fourth-order valence-electron chi connectivity index (χ4n) is 0.777. The Labute approximate surface area is 60.4 Å². The molecule has 1 atom stereocenters. The Kier molecular flexibility index (Phi) is 4.38. The smallest absolute Gasteiger partial charge is 0.321 e. The van der Waals surface area contributed by atoms with E-state index in [4.69, 9.17) is 4.12 Å². The van der Waals surface area contributed by atoms with E-state index < -0.39 is 8.56 Å². The normalized spacial score (nSPS) is 17.3. The molecule has 55 valence electrons. The molecule has 0 rings (SSSR count). The highest BCUT2D eigenvalue weighted by molar-refractivity contribution is 6.69. The summed E-state index contributed by atoms with van der Waals surface area (Å²) in [6.07, 6.45) is 1.03. The van der Waals surface area contributed by atoms with Crippen LogP contribution in [0, 0.1) is 0 Å². The zero-order valence-electron chi connectivity index (χ0n) is 6.35. The zero-order chi connectivity index (χ0) is 7.33. The molecule has 0 bridgehead atoms. The quantitative estimate of drug-likeness (QED) is 0.623. The minimum absolute atomic E-state index is 0.0160. The second-order valence-corrected chi connectivity index (χ2v) is 6.54. The summed E-state index contributed by atoms with van der Waals surface area (Å²) in [4.78, 5) is 9.45. The van der Waals surface area contributed by atoms with Crippen LogP contribution >= 0.6 is 0 Å². The Morgan fingerprint density at radius 1 is 1.67 bits per heavy atom. The molecule has 9 heavy (non-hydrogen) atoms. The van der Waals surface area contributed by atoms with Gasteiger partial charge in [0.25, 0.3) is 0 Å². The van der Waals surface area contributed by atoms with Crippen LogP contribution in [0.25, 0.3) is 0 Å². The van der Waals surface area contributed by atoms with Crippen LogP contribution in [-0.2, 0) is 4.12 Å². The molecule has 0 saturated carbocycles. The highest BCUT2D eigenvalue weighted by Gasteiger charge is 2.23. The van der Waals surface area contributed by atoms with Gasteiger partial charge in [0.2, 0.25) is 0 Å². The molecule has 1 radical (unpaired) electrons. The standard InChI is InChI=1S/C5H15O2Si2/c1-4-5-9(3,6)7-8-2/h6,8H,4-5H2,1-3H3. The third-order valence-corrected chi connectivity index (χ3v) is 5.49. The fraction of sp³-hybridized carbons (Fsp3) is 1.00. The lowest BCUT2D eigenvalue weighted by molar-refractivity contribution is 0.392. The van der Waals surface area contributed by atoms with Gasteiger partial charge in [-0.1, -0.05) is 13.3 Å². The molecule has 0 spiro atoms. The second-order valence-electron chi connectivity index (χ2n) is 2.28. The van der Waals surface area contributed by atoms with Crippen LogP contribution in [0.1, 0.15) is 13.3 Å². The largest absolute Gasteiger partial charge is 0.439 e. The summed E-state index contributed by atoms with van der Waals surface area (Å²) in [5, 5.41) is 0. The first-order valence-electron chi connectivity index (χ1n) is 3.30. The Bertz CT molecular complexity index is 67.4. The fourth-order valence-corrected chi connectivity index (χ4v) is 4.21. The molecule has 0 heterocycles. The molecule has 0 aliphatic carbocycles. The predicted octanol–water partition coefficient (Wildman–Crippen LogP) is 0.877. The van der Waals surface area contributed by atoms with Gasteiger partial charge in [-0.15, -0.1) is 0 Å². The first-order chi connectivity index (χ1) is 4.12. The molecule has 0 aromatic carbocycles. The van der Waals surface area contributed by atoms with Crippen molar-refractivity contribution in [3.63, 3.8) is 0 Å². The third kappa shape index (κ3) is 4.83. The molecular formula is C5H15O2Si2. The second kappa shape index (κ2) is 4.21. The Morgan fingerprint density at radius 3 is 2.56 bits per heavy atom. The first kappa shape index (κ1) is 9.35. The molecule has 0 saturated heterocycles. The van der Waals surface area contributed by atoms with Crippen molar-refractivity contribution in [2.45, 2.75) is 32.5 Å². The van der Waals surface area contributed by atoms with Gasteiger partial charge in [0.15, 0.2) is 9.76 Å². The lowest BCUT2D eigenvalue weighted by atomic mass is 10.6. The van der Waals surface area contributed by atoms with E-state index in [1.807, 2.05) is 13.1 Å². The van der Waals surface area contributed by atoms with E-state index in [-0.39, 0.29) is 9.76 Å². The van der Waals surface area contributed by atoms with Crippen molar-refractivity contribution in [1.29, 1.82) is 0 Å². The molecule has 1 unspecified atom stereocenters. The van der Waals surface area contributed by atoms with Gasteiger partial charge in [-0.25, -0.2) is 0 Å². The summed E-state index contributed by atoms with van der Waals surface area (Å²) >= 11 is 0. The summed E-state index contributed by atoms with van der Waals surface area (Å²) < 4.78 is 5.25. The van der Waals surface area contributed by atoms with Gasteiger partial charge in [-0.3, -0.25) is 0 Å². The summed E-state index contributed by atoms with van der Waals surface area (Å²) in [6, 6.07) is 0.869. The van der Waals surface area contributed by atoms with Crippen molar-refractivity contribution < 1.29 is 8.91 Å². The highest BCUT2D eigenvalue weighted by Crippen LogP contribution is 2.08. The average Bonchev–Trinajstić information content (AvgIpc) is 1.64. The first-order valence-corrected chi connectivity index (χ1v) is 7.49. The molecule has 2 nitrogen and oxygen atoms in total. The van der Waals surface area contributed by atoms with Crippen molar-refractivity contribution >= 4 is 18.3 Å². The van der Waals surface area contributed by atoms with E-state index in [1.54, 1.807) is 0 Å². The monoisotopic (exact) mass is 163 g/mol. The van der Waals surface area contributed by atoms with Gasteiger partial charge >= 0.3 is 8.56 Å². The highest BCUT2D eigenvalue weighted by atomic mass is 28.4. The van der Waals surface area contributed by atoms with E-state index >= 15 is 0 Å². The van der Waals surface area contributed by atoms with Gasteiger partial charge in [0.1, 0.15) is 0 Å². The molecule has 0 aliphatic rings. The van der Waals surface area contributed by atoms with E-state index in [1.165, 1.54) is 0 Å². The van der Waals surface area contributed by atoms with Gasteiger partial charge in [-0.2, -0.15) is 0 Å². The SMILES string of the molecule is CCC[Si](C)(O)O[SiH]C. The summed E-state index contributed by atoms with van der Waals surface area (Å²) in [5.41, 5.74) is 0. The van der Waals surface area contributed by atoms with Gasteiger partial charge in [0, 0.05) is 0 Å². The van der Waals surface area contributed by atoms with Crippen LogP contribution in [0.4, 0.5) is 0 Å². The van der Waals surface area contributed by atoms with Crippen molar-refractivity contribution in [1.82, 2.24) is 0 Å². The molecule has 0 fully saturated rings. The number of rotatable bonds is 4. The van der Waals surface area contributed by atoms with Crippen LogP contribution in [0.15, 0.2) is 0 Å². The number of hydrogen-bond acceptors (Lipinski definition) is 2. The Balaban J connectivity index is 3.43. The molecule has 0 aromatic rings. The van der Waals surface area contributed by atoms with Gasteiger partial charge in [-0.05, 0) is 19.1 Å². The molecule has 0 aromatic heterocycles. The molecule has 1 N–H and O–H groups in total. The van der Waals surface area contributed by atoms with E-state index in [2.05, 4.69) is 6.92 Å². The minimum Gasteiger partial charge on any atom is -0.439 e. The molecule has 4 heteroatoms. The minimum atomic E-state index is -2.17. The summed E-state index contributed by atoms with van der Waals surface area (Å²) in [6.45, 7) is 5.92. The zero-order valence-corrected chi connectivity index (χ0v) is 8.50. The predicted molar refractivity (Wildman–Crippen MR) is 43.0 cm³/mol. The van der Waals surface area contributed by atoms with Crippen molar-refractivity contribution in [2.75, 3.05) is 0 Å². The maximum atomic E-state index is 9.45. The maximum absolute atomic E-state index is 9.45. The van der Waals surface area contributed by atoms with Crippen LogP contribution in [0.3, 0.4) is 0 Å². The van der Waals surface area contributed by atoms with Crippen LogP contribution in [0.2, 0.25) is 19.1 Å². The summed E-state index contributed by atoms with van der Waals surface area (Å²) in [5.74, 6) is 0. The lowest BCUT2D eigenvalue weighted by Crippen LogP contribution is -2.34. The Hall–Kier alpha value is 0.354. The van der Waals surface area contributed by atoms with Gasteiger partial charge in [0.05, 0.1) is 0 Å². The van der Waals surface area contributed by atoms with Crippen molar-refractivity contribution in [3.8, 4) is 0 Å². The van der Waals surface area contributed by atoms with Crippen LogP contribution in [-0.4, -0.2) is 23.1 Å². The third-order valence-electron chi connectivity index (χ3n) is 1.09. The Morgan fingerprint density at radius 2 is 2.22 bits per heavy atom. The number of hydrogen-bond donors (Lipinski definition) is 1. The molecular weight excluding hydrogens is 148 g/mol. The van der Waals surface area contributed by atoms with Gasteiger partial charge < -0.3 is 8.91 Å². The topological polar surface area (TPSA) is 29.5 Å². The lowest BCUT2D eigenvalue weighted by Gasteiger charge is -2.18. The molecule has 0 aliphatic heterocycles. The van der Waals surface area contributed by atoms with Crippen LogP contribution < -0.4 is 0 Å². The maximum Gasteiger partial charge on any atom is 0.321 e. The van der Waals surface area contributed by atoms with E-state index in [0.717, 1.165) is 12.5 Å². The van der Waals surface area contributed by atoms with Crippen molar-refractivity contribution in [2.24, 2.45) is 0 Å². The van der Waals surface area contributed by atoms with Crippen LogP contribution in [0.5, 0.6) is 0 Å². The van der Waals surface area contributed by atoms with E-state index in [9.17, 15) is 4.80 Å². The van der Waals surface area contributed by atoms with E-state index in [0.29, 0.717) is 0 Å². The molecule has 0 amide bonds. The average molecular weight is 163 g/mol. The van der Waals surface area contributed by atoms with Crippen molar-refractivity contribution in [3.05, 3.63) is 0 Å². The summed E-state index contributed by atoms with van der Waals surface area (Å²) in [7, 11) is -2.15.